The monoisotopic (exact) mass is 154 g/mol. The molecule has 0 aromatic carbocycles. The fourth-order valence-corrected chi connectivity index (χ4v) is 1.06. The van der Waals surface area contributed by atoms with E-state index in [2.05, 4.69) is 9.98 Å². The second kappa shape index (κ2) is 2.53. The lowest BCUT2D eigenvalue weighted by Gasteiger charge is -2.03. The summed E-state index contributed by atoms with van der Waals surface area (Å²) in [4.78, 5) is 8.23. The Bertz CT molecular complexity index is 222. The Morgan fingerprint density at radius 2 is 2.27 bits per heavy atom. The SMILES string of the molecule is CC1CN=C(C2=NCCO2)O1. The Balaban J connectivity index is 2.05. The van der Waals surface area contributed by atoms with Crippen molar-refractivity contribution in [2.24, 2.45) is 9.98 Å². The number of aliphatic imine (C=N–C) groups is 2. The molecule has 2 aliphatic rings. The van der Waals surface area contributed by atoms with Gasteiger partial charge < -0.3 is 9.47 Å². The number of ether oxygens (including phenoxy) is 2. The highest BCUT2D eigenvalue weighted by Crippen LogP contribution is 2.07. The first-order valence-corrected chi connectivity index (χ1v) is 3.75. The van der Waals surface area contributed by atoms with Crippen LogP contribution in [0.15, 0.2) is 9.98 Å². The van der Waals surface area contributed by atoms with Gasteiger partial charge in [-0.3, -0.25) is 0 Å². The second-order valence-electron chi connectivity index (χ2n) is 2.61. The van der Waals surface area contributed by atoms with Gasteiger partial charge in [0, 0.05) is 0 Å². The van der Waals surface area contributed by atoms with E-state index >= 15 is 0 Å². The van der Waals surface area contributed by atoms with Crippen molar-refractivity contribution in [3.05, 3.63) is 0 Å². The van der Waals surface area contributed by atoms with Crippen LogP contribution in [0.25, 0.3) is 0 Å². The molecule has 0 N–H and O–H groups in total. The maximum Gasteiger partial charge on any atom is 0.273 e. The Morgan fingerprint density at radius 3 is 2.82 bits per heavy atom. The van der Waals surface area contributed by atoms with Crippen LogP contribution in [0.4, 0.5) is 0 Å². The molecule has 0 bridgehead atoms. The minimum Gasteiger partial charge on any atom is -0.472 e. The lowest BCUT2D eigenvalue weighted by atomic mass is 10.4. The van der Waals surface area contributed by atoms with Crippen molar-refractivity contribution in [3.63, 3.8) is 0 Å². The van der Waals surface area contributed by atoms with Gasteiger partial charge in [-0.15, -0.1) is 0 Å². The summed E-state index contributed by atoms with van der Waals surface area (Å²) < 4.78 is 10.5. The van der Waals surface area contributed by atoms with Crippen molar-refractivity contribution in [1.82, 2.24) is 0 Å². The predicted octanol–water partition coefficient (Wildman–Crippen LogP) is 0.232. The van der Waals surface area contributed by atoms with Crippen LogP contribution in [0, 0.1) is 0 Å². The second-order valence-corrected chi connectivity index (χ2v) is 2.61. The molecule has 0 aromatic heterocycles. The van der Waals surface area contributed by atoms with Crippen LogP contribution in [-0.4, -0.2) is 37.6 Å². The van der Waals surface area contributed by atoms with Gasteiger partial charge >= 0.3 is 0 Å². The van der Waals surface area contributed by atoms with E-state index in [9.17, 15) is 0 Å². The third-order valence-electron chi connectivity index (χ3n) is 1.57. The molecular formula is C7H10N2O2. The maximum atomic E-state index is 5.34. The highest BCUT2D eigenvalue weighted by molar-refractivity contribution is 6.36. The van der Waals surface area contributed by atoms with E-state index in [1.807, 2.05) is 6.92 Å². The number of rotatable bonds is 1. The molecule has 2 heterocycles. The largest absolute Gasteiger partial charge is 0.472 e. The molecule has 4 nitrogen and oxygen atoms in total. The Kier molecular flexibility index (Phi) is 1.52. The van der Waals surface area contributed by atoms with Gasteiger partial charge in [0.15, 0.2) is 0 Å². The summed E-state index contributed by atoms with van der Waals surface area (Å²) >= 11 is 0. The standard InChI is InChI=1S/C7H10N2O2/c1-5-4-9-7(11-5)6-8-2-3-10-6/h5H,2-4H2,1H3. The van der Waals surface area contributed by atoms with Gasteiger partial charge in [0.25, 0.3) is 11.8 Å². The van der Waals surface area contributed by atoms with Crippen molar-refractivity contribution in [3.8, 4) is 0 Å². The molecular weight excluding hydrogens is 144 g/mol. The average Bonchev–Trinajstić information content (AvgIpc) is 2.55. The van der Waals surface area contributed by atoms with E-state index in [0.717, 1.165) is 13.1 Å². The molecule has 60 valence electrons. The van der Waals surface area contributed by atoms with Gasteiger partial charge in [-0.05, 0) is 6.92 Å². The van der Waals surface area contributed by atoms with E-state index in [4.69, 9.17) is 9.47 Å². The quantitative estimate of drug-likeness (QED) is 0.542. The van der Waals surface area contributed by atoms with Crippen LogP contribution in [0.3, 0.4) is 0 Å². The first-order valence-electron chi connectivity index (χ1n) is 3.75. The normalized spacial score (nSPS) is 29.0. The van der Waals surface area contributed by atoms with Gasteiger partial charge in [0.2, 0.25) is 0 Å². The van der Waals surface area contributed by atoms with Crippen molar-refractivity contribution >= 4 is 11.8 Å². The molecule has 0 saturated heterocycles. The van der Waals surface area contributed by atoms with Gasteiger partial charge in [0.1, 0.15) is 12.7 Å². The zero-order valence-corrected chi connectivity index (χ0v) is 6.41. The van der Waals surface area contributed by atoms with Crippen molar-refractivity contribution in [1.29, 1.82) is 0 Å². The van der Waals surface area contributed by atoms with Crippen LogP contribution in [0.1, 0.15) is 6.92 Å². The molecule has 11 heavy (non-hydrogen) atoms. The fourth-order valence-electron chi connectivity index (χ4n) is 1.06. The van der Waals surface area contributed by atoms with Gasteiger partial charge in [-0.1, -0.05) is 0 Å². The van der Waals surface area contributed by atoms with Crippen LogP contribution in [-0.2, 0) is 9.47 Å². The zero-order valence-electron chi connectivity index (χ0n) is 6.41. The number of hydrogen-bond acceptors (Lipinski definition) is 4. The number of nitrogens with zero attached hydrogens (tertiary/aromatic N) is 2. The zero-order chi connectivity index (χ0) is 7.68. The van der Waals surface area contributed by atoms with Crippen molar-refractivity contribution in [2.75, 3.05) is 19.7 Å². The highest BCUT2D eigenvalue weighted by atomic mass is 16.6. The molecule has 0 fully saturated rings. The molecule has 0 radical (unpaired) electrons. The van der Waals surface area contributed by atoms with Crippen LogP contribution in [0.5, 0.6) is 0 Å². The molecule has 1 atom stereocenters. The summed E-state index contributed by atoms with van der Waals surface area (Å²) in [7, 11) is 0. The third kappa shape index (κ3) is 1.20. The Morgan fingerprint density at radius 1 is 1.36 bits per heavy atom. The predicted molar refractivity (Wildman–Crippen MR) is 41.1 cm³/mol. The van der Waals surface area contributed by atoms with Crippen LogP contribution < -0.4 is 0 Å². The van der Waals surface area contributed by atoms with Crippen LogP contribution in [0.2, 0.25) is 0 Å². The summed E-state index contributed by atoms with van der Waals surface area (Å²) in [6.07, 6.45) is 0.178. The summed E-state index contributed by atoms with van der Waals surface area (Å²) in [5, 5.41) is 0. The molecule has 0 amide bonds. The van der Waals surface area contributed by atoms with E-state index in [1.54, 1.807) is 0 Å². The van der Waals surface area contributed by atoms with E-state index < -0.39 is 0 Å². The first-order chi connectivity index (χ1) is 5.36. The number of hydrogen-bond donors (Lipinski definition) is 0. The molecule has 0 aliphatic carbocycles. The molecule has 2 rings (SSSR count). The summed E-state index contributed by atoms with van der Waals surface area (Å²) in [6, 6.07) is 0. The molecule has 0 aromatic rings. The van der Waals surface area contributed by atoms with Gasteiger partial charge in [0.05, 0.1) is 13.1 Å². The molecule has 1 unspecified atom stereocenters. The molecule has 4 heteroatoms. The summed E-state index contributed by atoms with van der Waals surface area (Å²) in [5.41, 5.74) is 0. The maximum absolute atomic E-state index is 5.34. The van der Waals surface area contributed by atoms with Gasteiger partial charge in [-0.25, -0.2) is 9.98 Å². The molecule has 2 aliphatic heterocycles. The first kappa shape index (κ1) is 6.64. The topological polar surface area (TPSA) is 43.2 Å². The smallest absolute Gasteiger partial charge is 0.273 e. The third-order valence-corrected chi connectivity index (χ3v) is 1.57. The van der Waals surface area contributed by atoms with Crippen molar-refractivity contribution in [2.45, 2.75) is 13.0 Å². The minimum absolute atomic E-state index is 0.178. The minimum atomic E-state index is 0.178. The molecule has 0 spiro atoms. The van der Waals surface area contributed by atoms with Crippen LogP contribution >= 0.6 is 0 Å². The average molecular weight is 154 g/mol. The lowest BCUT2D eigenvalue weighted by molar-refractivity contribution is 0.242. The summed E-state index contributed by atoms with van der Waals surface area (Å²) in [5.74, 6) is 1.16. The fraction of sp³-hybridized carbons (Fsp3) is 0.714. The van der Waals surface area contributed by atoms with E-state index in [0.29, 0.717) is 18.4 Å². The summed E-state index contributed by atoms with van der Waals surface area (Å²) in [6.45, 7) is 4.09. The van der Waals surface area contributed by atoms with E-state index in [-0.39, 0.29) is 6.10 Å². The lowest BCUT2D eigenvalue weighted by Crippen LogP contribution is -2.17. The Hall–Kier alpha value is -1.06. The Labute approximate surface area is 64.9 Å². The molecule has 0 saturated carbocycles. The van der Waals surface area contributed by atoms with E-state index in [1.165, 1.54) is 0 Å². The van der Waals surface area contributed by atoms with Crippen molar-refractivity contribution < 1.29 is 9.47 Å². The highest BCUT2D eigenvalue weighted by Gasteiger charge is 2.23. The van der Waals surface area contributed by atoms with Gasteiger partial charge in [-0.2, -0.15) is 0 Å².